The van der Waals surface area contributed by atoms with Gasteiger partial charge in [-0.15, -0.1) is 0 Å². The molecule has 0 spiro atoms. The Morgan fingerprint density at radius 2 is 1.69 bits per heavy atom. The van der Waals surface area contributed by atoms with E-state index < -0.39 is 0 Å². The SMILES string of the molecule is COCCN(Cc1c(-c2ccccc2)nn(C)c1Oc1cccc(OC)c1)C(=O)c1ccccc1Cl. The Kier molecular flexibility index (Phi) is 8.25. The van der Waals surface area contributed by atoms with E-state index in [1.807, 2.05) is 55.6 Å². The maximum absolute atomic E-state index is 13.6. The minimum absolute atomic E-state index is 0.201. The van der Waals surface area contributed by atoms with Gasteiger partial charge in [-0.05, 0) is 24.3 Å². The fourth-order valence-electron chi connectivity index (χ4n) is 3.88. The largest absolute Gasteiger partial charge is 0.497 e. The van der Waals surface area contributed by atoms with Crippen molar-refractivity contribution in [3.05, 3.63) is 95.0 Å². The molecule has 0 atom stereocenters. The van der Waals surface area contributed by atoms with Crippen molar-refractivity contribution < 1.29 is 19.0 Å². The summed E-state index contributed by atoms with van der Waals surface area (Å²) < 4.78 is 18.7. The van der Waals surface area contributed by atoms with E-state index in [9.17, 15) is 4.79 Å². The monoisotopic (exact) mass is 505 g/mol. The number of carbonyl (C=O) groups is 1. The van der Waals surface area contributed by atoms with Crippen LogP contribution >= 0.6 is 11.6 Å². The number of rotatable bonds is 10. The predicted molar refractivity (Wildman–Crippen MR) is 140 cm³/mol. The molecule has 0 saturated heterocycles. The Bertz CT molecular complexity index is 1320. The van der Waals surface area contributed by atoms with Gasteiger partial charge in [-0.25, -0.2) is 4.68 Å². The highest BCUT2D eigenvalue weighted by molar-refractivity contribution is 6.33. The minimum atomic E-state index is -0.201. The molecule has 0 aliphatic rings. The van der Waals surface area contributed by atoms with E-state index in [0.717, 1.165) is 16.8 Å². The zero-order valence-electron chi connectivity index (χ0n) is 20.5. The lowest BCUT2D eigenvalue weighted by Crippen LogP contribution is -2.33. The van der Waals surface area contributed by atoms with Crippen LogP contribution < -0.4 is 9.47 Å². The fourth-order valence-corrected chi connectivity index (χ4v) is 4.09. The summed E-state index contributed by atoms with van der Waals surface area (Å²) in [5.74, 6) is 1.60. The Labute approximate surface area is 215 Å². The molecule has 0 unspecified atom stereocenters. The van der Waals surface area contributed by atoms with E-state index in [-0.39, 0.29) is 12.5 Å². The van der Waals surface area contributed by atoms with Crippen LogP contribution in [0.25, 0.3) is 11.3 Å². The number of ether oxygens (including phenoxy) is 3. The van der Waals surface area contributed by atoms with Crippen molar-refractivity contribution in [1.29, 1.82) is 0 Å². The molecule has 0 N–H and O–H groups in total. The first-order chi connectivity index (χ1) is 17.5. The molecule has 0 bridgehead atoms. The van der Waals surface area contributed by atoms with E-state index in [1.165, 1.54) is 0 Å². The van der Waals surface area contributed by atoms with Gasteiger partial charge in [0, 0.05) is 32.3 Å². The molecule has 0 radical (unpaired) electrons. The van der Waals surface area contributed by atoms with E-state index in [0.29, 0.717) is 41.1 Å². The van der Waals surface area contributed by atoms with Gasteiger partial charge in [0.1, 0.15) is 17.2 Å². The Morgan fingerprint density at radius 3 is 2.42 bits per heavy atom. The first-order valence-corrected chi connectivity index (χ1v) is 11.9. The van der Waals surface area contributed by atoms with Crippen LogP contribution in [0.3, 0.4) is 0 Å². The third-order valence-corrected chi connectivity index (χ3v) is 6.03. The number of hydrogen-bond donors (Lipinski definition) is 0. The van der Waals surface area contributed by atoms with Gasteiger partial charge < -0.3 is 19.1 Å². The second kappa shape index (κ2) is 11.7. The number of halogens is 1. The predicted octanol–water partition coefficient (Wildman–Crippen LogP) is 5.83. The summed E-state index contributed by atoms with van der Waals surface area (Å²) in [5.41, 5.74) is 2.84. The van der Waals surface area contributed by atoms with Crippen molar-refractivity contribution in [2.75, 3.05) is 27.4 Å². The van der Waals surface area contributed by atoms with Crippen LogP contribution in [-0.4, -0.2) is 48.0 Å². The molecule has 1 amide bonds. The molecular formula is C28H28ClN3O4. The van der Waals surface area contributed by atoms with E-state index in [4.69, 9.17) is 30.9 Å². The lowest BCUT2D eigenvalue weighted by Gasteiger charge is -2.24. The average Bonchev–Trinajstić information content (AvgIpc) is 3.21. The molecule has 36 heavy (non-hydrogen) atoms. The van der Waals surface area contributed by atoms with E-state index in [1.54, 1.807) is 54.1 Å². The molecule has 8 heteroatoms. The van der Waals surface area contributed by atoms with Crippen molar-refractivity contribution in [2.24, 2.45) is 7.05 Å². The smallest absolute Gasteiger partial charge is 0.255 e. The Hall–Kier alpha value is -3.81. The maximum atomic E-state index is 13.6. The molecule has 1 heterocycles. The van der Waals surface area contributed by atoms with Crippen LogP contribution in [0.15, 0.2) is 78.9 Å². The highest BCUT2D eigenvalue weighted by Gasteiger charge is 2.26. The highest BCUT2D eigenvalue weighted by atomic mass is 35.5. The van der Waals surface area contributed by atoms with Crippen LogP contribution in [0.1, 0.15) is 15.9 Å². The van der Waals surface area contributed by atoms with Gasteiger partial charge in [-0.2, -0.15) is 5.10 Å². The summed E-state index contributed by atoms with van der Waals surface area (Å²) in [4.78, 5) is 15.3. The van der Waals surface area contributed by atoms with Gasteiger partial charge in [0.2, 0.25) is 5.88 Å². The van der Waals surface area contributed by atoms with Crippen LogP contribution in [0.4, 0.5) is 0 Å². The molecule has 0 aliphatic heterocycles. The lowest BCUT2D eigenvalue weighted by atomic mass is 10.1. The van der Waals surface area contributed by atoms with Gasteiger partial charge in [0.05, 0.1) is 36.4 Å². The quantitative estimate of drug-likeness (QED) is 0.271. The van der Waals surface area contributed by atoms with Crippen molar-refractivity contribution in [3.8, 4) is 28.6 Å². The minimum Gasteiger partial charge on any atom is -0.497 e. The number of carbonyl (C=O) groups excluding carboxylic acids is 1. The molecule has 4 aromatic rings. The van der Waals surface area contributed by atoms with Gasteiger partial charge in [-0.1, -0.05) is 60.1 Å². The third kappa shape index (κ3) is 5.70. The summed E-state index contributed by atoms with van der Waals surface area (Å²) in [6, 6.07) is 24.2. The number of amides is 1. The van der Waals surface area contributed by atoms with E-state index in [2.05, 4.69) is 0 Å². The fraction of sp³-hybridized carbons (Fsp3) is 0.214. The summed E-state index contributed by atoms with van der Waals surface area (Å²) in [6.07, 6.45) is 0. The number of aromatic nitrogens is 2. The first-order valence-electron chi connectivity index (χ1n) is 11.5. The van der Waals surface area contributed by atoms with Gasteiger partial charge in [0.15, 0.2) is 0 Å². The van der Waals surface area contributed by atoms with E-state index >= 15 is 0 Å². The molecule has 7 nitrogen and oxygen atoms in total. The highest BCUT2D eigenvalue weighted by Crippen LogP contribution is 2.35. The summed E-state index contributed by atoms with van der Waals surface area (Å²) in [7, 11) is 5.03. The second-order valence-electron chi connectivity index (χ2n) is 8.10. The lowest BCUT2D eigenvalue weighted by molar-refractivity contribution is 0.0680. The van der Waals surface area contributed by atoms with Crippen molar-refractivity contribution >= 4 is 17.5 Å². The number of methoxy groups -OCH3 is 2. The molecule has 3 aromatic carbocycles. The van der Waals surface area contributed by atoms with Crippen LogP contribution in [-0.2, 0) is 18.3 Å². The normalized spacial score (nSPS) is 10.8. The topological polar surface area (TPSA) is 65.8 Å². The molecule has 0 aliphatic carbocycles. The van der Waals surface area contributed by atoms with Crippen LogP contribution in [0.2, 0.25) is 5.02 Å². The molecular weight excluding hydrogens is 478 g/mol. The summed E-state index contributed by atoms with van der Waals surface area (Å²) in [6.45, 7) is 0.969. The van der Waals surface area contributed by atoms with Gasteiger partial charge >= 0.3 is 0 Å². The molecule has 4 rings (SSSR count). The van der Waals surface area contributed by atoms with Gasteiger partial charge in [0.25, 0.3) is 5.91 Å². The average molecular weight is 506 g/mol. The molecule has 0 saturated carbocycles. The third-order valence-electron chi connectivity index (χ3n) is 5.70. The van der Waals surface area contributed by atoms with Crippen molar-refractivity contribution in [1.82, 2.24) is 14.7 Å². The molecule has 0 fully saturated rings. The Balaban J connectivity index is 1.78. The zero-order chi connectivity index (χ0) is 25.5. The van der Waals surface area contributed by atoms with Crippen molar-refractivity contribution in [3.63, 3.8) is 0 Å². The molecule has 1 aromatic heterocycles. The second-order valence-corrected chi connectivity index (χ2v) is 8.51. The number of benzene rings is 3. The molecule has 186 valence electrons. The maximum Gasteiger partial charge on any atom is 0.255 e. The Morgan fingerprint density at radius 1 is 0.972 bits per heavy atom. The number of aryl methyl sites for hydroxylation is 1. The van der Waals surface area contributed by atoms with Gasteiger partial charge in [-0.3, -0.25) is 4.79 Å². The standard InChI is InChI=1S/C28H28ClN3O4/c1-31-28(36-22-13-9-12-21(18-22)35-3)24(26(30-31)20-10-5-4-6-11-20)19-32(16-17-34-2)27(33)23-14-7-8-15-25(23)29/h4-15,18H,16-17,19H2,1-3H3. The zero-order valence-corrected chi connectivity index (χ0v) is 21.2. The van der Waals surface area contributed by atoms with Crippen molar-refractivity contribution in [2.45, 2.75) is 6.54 Å². The summed E-state index contributed by atoms with van der Waals surface area (Å²) in [5, 5.41) is 5.16. The summed E-state index contributed by atoms with van der Waals surface area (Å²) >= 11 is 6.37. The first kappa shape index (κ1) is 25.3. The van der Waals surface area contributed by atoms with Crippen LogP contribution in [0.5, 0.6) is 17.4 Å². The number of nitrogens with zero attached hydrogens (tertiary/aromatic N) is 3. The van der Waals surface area contributed by atoms with Crippen LogP contribution in [0, 0.1) is 0 Å². The number of hydrogen-bond acceptors (Lipinski definition) is 5.